The monoisotopic (exact) mass is 307 g/mol. The topological polar surface area (TPSA) is 30.8 Å². The van der Waals surface area contributed by atoms with Gasteiger partial charge in [-0.05, 0) is 60.6 Å². The molecule has 0 saturated carbocycles. The van der Waals surface area contributed by atoms with Gasteiger partial charge in [0.15, 0.2) is 11.5 Å². The number of rotatable bonds is 3. The molecule has 0 radical (unpaired) electrons. The van der Waals surface area contributed by atoms with Crippen molar-refractivity contribution >= 4 is 5.71 Å². The van der Waals surface area contributed by atoms with Crippen molar-refractivity contribution in [2.24, 2.45) is 4.99 Å². The maximum absolute atomic E-state index is 5.48. The van der Waals surface area contributed by atoms with Crippen molar-refractivity contribution < 1.29 is 9.47 Å². The van der Waals surface area contributed by atoms with Gasteiger partial charge in [-0.25, -0.2) is 0 Å². The molecule has 0 bridgehead atoms. The lowest BCUT2D eigenvalue weighted by atomic mass is 9.91. The summed E-state index contributed by atoms with van der Waals surface area (Å²) < 4.78 is 10.9. The second-order valence-electron chi connectivity index (χ2n) is 6.18. The average Bonchev–Trinajstić information content (AvgIpc) is 3.07. The molecule has 3 heteroatoms. The summed E-state index contributed by atoms with van der Waals surface area (Å²) in [5.41, 5.74) is 7.75. The zero-order chi connectivity index (χ0) is 15.8. The SMILES string of the molecule is COc1cc2c(cc1OC)C(c1ccc3c(c1)CCC3)=NCC2. The van der Waals surface area contributed by atoms with E-state index in [4.69, 9.17) is 14.5 Å². The molecule has 118 valence electrons. The summed E-state index contributed by atoms with van der Waals surface area (Å²) in [7, 11) is 3.36. The molecule has 23 heavy (non-hydrogen) atoms. The van der Waals surface area contributed by atoms with Gasteiger partial charge in [0.25, 0.3) is 0 Å². The second kappa shape index (κ2) is 5.73. The number of aryl methyl sites for hydroxylation is 2. The number of fused-ring (bicyclic) bond motifs is 2. The highest BCUT2D eigenvalue weighted by molar-refractivity contribution is 6.14. The second-order valence-corrected chi connectivity index (χ2v) is 6.18. The van der Waals surface area contributed by atoms with Crippen LogP contribution in [0.5, 0.6) is 11.5 Å². The molecular formula is C20H21NO2. The summed E-state index contributed by atoms with van der Waals surface area (Å²) in [6.07, 6.45) is 4.62. The summed E-state index contributed by atoms with van der Waals surface area (Å²) in [5.74, 6) is 1.56. The van der Waals surface area contributed by atoms with Crippen molar-refractivity contribution in [3.05, 3.63) is 58.1 Å². The third-order valence-electron chi connectivity index (χ3n) is 4.89. The zero-order valence-corrected chi connectivity index (χ0v) is 13.7. The van der Waals surface area contributed by atoms with Gasteiger partial charge in [-0.2, -0.15) is 0 Å². The molecule has 0 atom stereocenters. The molecule has 2 aromatic rings. The number of hydrogen-bond acceptors (Lipinski definition) is 3. The predicted molar refractivity (Wildman–Crippen MR) is 92.2 cm³/mol. The lowest BCUT2D eigenvalue weighted by Crippen LogP contribution is -2.15. The van der Waals surface area contributed by atoms with Crippen LogP contribution in [-0.2, 0) is 19.3 Å². The molecule has 0 fully saturated rings. The Hall–Kier alpha value is -2.29. The Balaban J connectivity index is 1.81. The summed E-state index contributed by atoms with van der Waals surface area (Å²) in [5, 5.41) is 0. The summed E-state index contributed by atoms with van der Waals surface area (Å²) in [4.78, 5) is 4.82. The fraction of sp³-hybridized carbons (Fsp3) is 0.350. The van der Waals surface area contributed by atoms with E-state index in [0.717, 1.165) is 30.2 Å². The van der Waals surface area contributed by atoms with Gasteiger partial charge in [0.2, 0.25) is 0 Å². The third kappa shape index (κ3) is 2.40. The molecule has 0 saturated heterocycles. The molecule has 1 aliphatic heterocycles. The number of benzene rings is 2. The minimum Gasteiger partial charge on any atom is -0.493 e. The Kier molecular flexibility index (Phi) is 3.56. The average molecular weight is 307 g/mol. The molecule has 1 heterocycles. The van der Waals surface area contributed by atoms with Gasteiger partial charge in [0, 0.05) is 17.7 Å². The van der Waals surface area contributed by atoms with Gasteiger partial charge in [0.1, 0.15) is 0 Å². The van der Waals surface area contributed by atoms with Crippen LogP contribution in [0.2, 0.25) is 0 Å². The first-order valence-corrected chi connectivity index (χ1v) is 8.22. The Bertz CT molecular complexity index is 792. The first-order valence-electron chi connectivity index (χ1n) is 8.22. The van der Waals surface area contributed by atoms with E-state index in [-0.39, 0.29) is 0 Å². The molecule has 0 unspecified atom stereocenters. The fourth-order valence-electron chi connectivity index (χ4n) is 3.69. The van der Waals surface area contributed by atoms with Crippen LogP contribution in [0.4, 0.5) is 0 Å². The van der Waals surface area contributed by atoms with Crippen LogP contribution in [0.3, 0.4) is 0 Å². The first-order chi connectivity index (χ1) is 11.3. The maximum atomic E-state index is 5.48. The van der Waals surface area contributed by atoms with E-state index in [1.807, 2.05) is 0 Å². The Morgan fingerprint density at radius 1 is 0.826 bits per heavy atom. The third-order valence-corrected chi connectivity index (χ3v) is 4.89. The van der Waals surface area contributed by atoms with Gasteiger partial charge < -0.3 is 9.47 Å². The first kappa shape index (κ1) is 14.3. The van der Waals surface area contributed by atoms with Crippen molar-refractivity contribution in [2.45, 2.75) is 25.7 Å². The molecule has 4 rings (SSSR count). The van der Waals surface area contributed by atoms with E-state index >= 15 is 0 Å². The minimum absolute atomic E-state index is 0.766. The van der Waals surface area contributed by atoms with E-state index < -0.39 is 0 Å². The van der Waals surface area contributed by atoms with Crippen LogP contribution in [0.1, 0.15) is 34.2 Å². The number of aliphatic imine (C=N–C) groups is 1. The van der Waals surface area contributed by atoms with Crippen molar-refractivity contribution in [1.29, 1.82) is 0 Å². The normalized spacial score (nSPS) is 15.7. The number of nitrogens with zero attached hydrogens (tertiary/aromatic N) is 1. The molecule has 1 aliphatic carbocycles. The lowest BCUT2D eigenvalue weighted by molar-refractivity contribution is 0.354. The van der Waals surface area contributed by atoms with E-state index in [9.17, 15) is 0 Å². The molecule has 2 aliphatic rings. The van der Waals surface area contributed by atoms with Crippen LogP contribution in [0.25, 0.3) is 0 Å². The van der Waals surface area contributed by atoms with Crippen molar-refractivity contribution in [1.82, 2.24) is 0 Å². The molecule has 2 aromatic carbocycles. The van der Waals surface area contributed by atoms with Gasteiger partial charge >= 0.3 is 0 Å². The standard InChI is InChI=1S/C20H21NO2/c1-22-18-11-15-8-9-21-20(17(15)12-19(18)23-2)16-7-6-13-4-3-5-14(13)10-16/h6-7,10-12H,3-5,8-9H2,1-2H3. The van der Waals surface area contributed by atoms with Gasteiger partial charge in [0.05, 0.1) is 19.9 Å². The summed E-state index contributed by atoms with van der Waals surface area (Å²) in [6, 6.07) is 11.0. The maximum Gasteiger partial charge on any atom is 0.161 e. The highest BCUT2D eigenvalue weighted by atomic mass is 16.5. The van der Waals surface area contributed by atoms with Gasteiger partial charge in [-0.3, -0.25) is 4.99 Å². The van der Waals surface area contributed by atoms with E-state index in [1.165, 1.54) is 47.1 Å². The quantitative estimate of drug-likeness (QED) is 0.867. The van der Waals surface area contributed by atoms with Crippen molar-refractivity contribution in [3.63, 3.8) is 0 Å². The Morgan fingerprint density at radius 3 is 2.43 bits per heavy atom. The number of hydrogen-bond donors (Lipinski definition) is 0. The van der Waals surface area contributed by atoms with Crippen molar-refractivity contribution in [2.75, 3.05) is 20.8 Å². The molecular weight excluding hydrogens is 286 g/mol. The highest BCUT2D eigenvalue weighted by Gasteiger charge is 2.21. The number of ether oxygens (including phenoxy) is 2. The smallest absolute Gasteiger partial charge is 0.161 e. The van der Waals surface area contributed by atoms with Crippen LogP contribution < -0.4 is 9.47 Å². The van der Waals surface area contributed by atoms with E-state index in [1.54, 1.807) is 14.2 Å². The van der Waals surface area contributed by atoms with Crippen LogP contribution >= 0.6 is 0 Å². The Morgan fingerprint density at radius 2 is 1.61 bits per heavy atom. The van der Waals surface area contributed by atoms with Crippen LogP contribution in [-0.4, -0.2) is 26.5 Å². The van der Waals surface area contributed by atoms with Gasteiger partial charge in [-0.15, -0.1) is 0 Å². The van der Waals surface area contributed by atoms with E-state index in [0.29, 0.717) is 0 Å². The fourth-order valence-corrected chi connectivity index (χ4v) is 3.69. The summed E-state index contributed by atoms with van der Waals surface area (Å²) in [6.45, 7) is 0.828. The highest BCUT2D eigenvalue weighted by Crippen LogP contribution is 2.34. The van der Waals surface area contributed by atoms with Gasteiger partial charge in [-0.1, -0.05) is 12.1 Å². The zero-order valence-electron chi connectivity index (χ0n) is 13.7. The molecule has 0 amide bonds. The largest absolute Gasteiger partial charge is 0.493 e. The number of methoxy groups -OCH3 is 2. The molecule has 3 nitrogen and oxygen atoms in total. The summed E-state index contributed by atoms with van der Waals surface area (Å²) >= 11 is 0. The van der Waals surface area contributed by atoms with Crippen LogP contribution in [0.15, 0.2) is 35.3 Å². The molecule has 0 N–H and O–H groups in total. The Labute approximate surface area is 137 Å². The molecule has 0 aromatic heterocycles. The van der Waals surface area contributed by atoms with E-state index in [2.05, 4.69) is 30.3 Å². The predicted octanol–water partition coefficient (Wildman–Crippen LogP) is 3.59. The minimum atomic E-state index is 0.766. The van der Waals surface area contributed by atoms with Crippen molar-refractivity contribution in [3.8, 4) is 11.5 Å². The molecule has 0 spiro atoms. The van der Waals surface area contributed by atoms with Crippen LogP contribution in [0, 0.1) is 0 Å². The lowest BCUT2D eigenvalue weighted by Gasteiger charge is -2.20.